The summed E-state index contributed by atoms with van der Waals surface area (Å²) < 4.78 is 2.01. The van der Waals surface area contributed by atoms with Crippen LogP contribution >= 0.6 is 0 Å². The Kier molecular flexibility index (Phi) is 3.08. The van der Waals surface area contributed by atoms with Gasteiger partial charge in [-0.05, 0) is 37.3 Å². The van der Waals surface area contributed by atoms with Crippen molar-refractivity contribution in [3.8, 4) is 0 Å². The van der Waals surface area contributed by atoms with Crippen LogP contribution in [-0.4, -0.2) is 25.3 Å². The molecule has 4 rings (SSSR count). The van der Waals surface area contributed by atoms with E-state index in [1.165, 1.54) is 0 Å². The Labute approximate surface area is 132 Å². The van der Waals surface area contributed by atoms with Crippen LogP contribution in [0.3, 0.4) is 0 Å². The van der Waals surface area contributed by atoms with Crippen LogP contribution in [0.2, 0.25) is 0 Å². The molecule has 114 valence electrons. The van der Waals surface area contributed by atoms with Gasteiger partial charge >= 0.3 is 0 Å². The van der Waals surface area contributed by atoms with Crippen molar-refractivity contribution in [3.63, 3.8) is 0 Å². The number of benzene rings is 1. The van der Waals surface area contributed by atoms with Gasteiger partial charge in [-0.3, -0.25) is 4.79 Å². The van der Waals surface area contributed by atoms with Crippen molar-refractivity contribution in [2.75, 3.05) is 0 Å². The monoisotopic (exact) mass is 305 g/mol. The van der Waals surface area contributed by atoms with E-state index in [9.17, 15) is 4.79 Å². The number of pyridine rings is 1. The van der Waals surface area contributed by atoms with E-state index in [4.69, 9.17) is 0 Å². The lowest BCUT2D eigenvalue weighted by atomic mass is 10.2. The number of nitrogens with one attached hydrogen (secondary N) is 2. The van der Waals surface area contributed by atoms with Crippen LogP contribution < -0.4 is 5.32 Å². The van der Waals surface area contributed by atoms with Gasteiger partial charge in [-0.2, -0.15) is 0 Å². The summed E-state index contributed by atoms with van der Waals surface area (Å²) in [6.07, 6.45) is 3.56. The number of hydrogen-bond donors (Lipinski definition) is 2. The van der Waals surface area contributed by atoms with Crippen LogP contribution in [-0.2, 0) is 6.54 Å². The number of nitrogens with zero attached hydrogens (tertiary/aromatic N) is 3. The molecule has 0 fully saturated rings. The summed E-state index contributed by atoms with van der Waals surface area (Å²) in [6, 6.07) is 11.3. The number of aromatic nitrogens is 4. The normalized spacial score (nSPS) is 11.2. The maximum absolute atomic E-state index is 12.3. The van der Waals surface area contributed by atoms with Crippen LogP contribution in [0.15, 0.2) is 48.9 Å². The molecule has 3 aromatic heterocycles. The van der Waals surface area contributed by atoms with E-state index in [-0.39, 0.29) is 5.91 Å². The molecule has 0 aliphatic carbocycles. The first-order valence-corrected chi connectivity index (χ1v) is 7.36. The molecular formula is C17H15N5O. The molecule has 6 nitrogen and oxygen atoms in total. The SMILES string of the molecule is Cc1cccc2nc(CNC(=O)c3ccc4nc[nH]c4c3)cn12. The number of hydrogen-bond acceptors (Lipinski definition) is 3. The van der Waals surface area contributed by atoms with Crippen molar-refractivity contribution >= 4 is 22.6 Å². The molecule has 0 aliphatic heterocycles. The molecule has 4 aromatic rings. The second-order valence-corrected chi connectivity index (χ2v) is 5.44. The van der Waals surface area contributed by atoms with Crippen molar-refractivity contribution in [1.82, 2.24) is 24.7 Å². The highest BCUT2D eigenvalue weighted by atomic mass is 16.1. The predicted molar refractivity (Wildman–Crippen MR) is 87.2 cm³/mol. The minimum atomic E-state index is -0.129. The minimum absolute atomic E-state index is 0.129. The number of fused-ring (bicyclic) bond motifs is 2. The Hall–Kier alpha value is -3.15. The molecule has 0 radical (unpaired) electrons. The van der Waals surface area contributed by atoms with Gasteiger partial charge < -0.3 is 14.7 Å². The number of aromatic amines is 1. The molecule has 0 aliphatic rings. The van der Waals surface area contributed by atoms with Crippen LogP contribution in [0, 0.1) is 6.92 Å². The van der Waals surface area contributed by atoms with E-state index in [0.717, 1.165) is 28.1 Å². The molecule has 1 aromatic carbocycles. The molecule has 23 heavy (non-hydrogen) atoms. The smallest absolute Gasteiger partial charge is 0.251 e. The lowest BCUT2D eigenvalue weighted by Gasteiger charge is -2.03. The fraction of sp³-hybridized carbons (Fsp3) is 0.118. The highest BCUT2D eigenvalue weighted by Crippen LogP contribution is 2.12. The molecule has 0 saturated carbocycles. The molecule has 3 heterocycles. The highest BCUT2D eigenvalue weighted by Gasteiger charge is 2.09. The quantitative estimate of drug-likeness (QED) is 0.610. The first kappa shape index (κ1) is 13.5. The van der Waals surface area contributed by atoms with E-state index in [0.29, 0.717) is 12.1 Å². The van der Waals surface area contributed by atoms with Gasteiger partial charge in [0.1, 0.15) is 5.65 Å². The Morgan fingerprint density at radius 2 is 2.22 bits per heavy atom. The van der Waals surface area contributed by atoms with Gasteiger partial charge in [-0.25, -0.2) is 9.97 Å². The van der Waals surface area contributed by atoms with Crippen LogP contribution in [0.1, 0.15) is 21.7 Å². The van der Waals surface area contributed by atoms with Crippen molar-refractivity contribution in [2.45, 2.75) is 13.5 Å². The maximum Gasteiger partial charge on any atom is 0.251 e. The van der Waals surface area contributed by atoms with Gasteiger partial charge in [-0.1, -0.05) is 6.07 Å². The second kappa shape index (κ2) is 5.24. The fourth-order valence-corrected chi connectivity index (χ4v) is 2.63. The predicted octanol–water partition coefficient (Wildman–Crippen LogP) is 2.45. The fourth-order valence-electron chi connectivity index (χ4n) is 2.63. The molecule has 0 bridgehead atoms. The molecule has 0 atom stereocenters. The van der Waals surface area contributed by atoms with Gasteiger partial charge in [0, 0.05) is 17.5 Å². The third-order valence-corrected chi connectivity index (χ3v) is 3.86. The first-order valence-electron chi connectivity index (χ1n) is 7.36. The van der Waals surface area contributed by atoms with Gasteiger partial charge in [0.15, 0.2) is 0 Å². The number of carbonyl (C=O) groups is 1. The molecule has 1 amide bonds. The van der Waals surface area contributed by atoms with E-state index in [2.05, 4.69) is 20.3 Å². The first-order chi connectivity index (χ1) is 11.2. The van der Waals surface area contributed by atoms with Crippen LogP contribution in [0.4, 0.5) is 0 Å². The summed E-state index contributed by atoms with van der Waals surface area (Å²) in [5, 5.41) is 2.90. The standard InChI is InChI=1S/C17H15N5O/c1-11-3-2-4-16-21-13(9-22(11)16)8-18-17(23)12-5-6-14-15(7-12)20-10-19-14/h2-7,9-10H,8H2,1H3,(H,18,23)(H,19,20). The number of imidazole rings is 2. The lowest BCUT2D eigenvalue weighted by molar-refractivity contribution is 0.0950. The summed E-state index contributed by atoms with van der Waals surface area (Å²) in [5.74, 6) is -0.129. The van der Waals surface area contributed by atoms with Crippen molar-refractivity contribution in [1.29, 1.82) is 0 Å². The zero-order valence-electron chi connectivity index (χ0n) is 12.6. The summed E-state index contributed by atoms with van der Waals surface area (Å²) in [4.78, 5) is 23.9. The second-order valence-electron chi connectivity index (χ2n) is 5.44. The molecular weight excluding hydrogens is 290 g/mol. The van der Waals surface area contributed by atoms with Crippen molar-refractivity contribution in [2.24, 2.45) is 0 Å². The average molecular weight is 305 g/mol. The van der Waals surface area contributed by atoms with Crippen molar-refractivity contribution < 1.29 is 4.79 Å². The third-order valence-electron chi connectivity index (χ3n) is 3.86. The zero-order chi connectivity index (χ0) is 15.8. The summed E-state index contributed by atoms with van der Waals surface area (Å²) in [5.41, 5.74) is 5.11. The molecule has 0 unspecified atom stereocenters. The Morgan fingerprint density at radius 1 is 1.30 bits per heavy atom. The average Bonchev–Trinajstić information content (AvgIpc) is 3.18. The minimum Gasteiger partial charge on any atom is -0.346 e. The zero-order valence-corrected chi connectivity index (χ0v) is 12.6. The number of carbonyl (C=O) groups excluding carboxylic acids is 1. The molecule has 0 saturated heterocycles. The topological polar surface area (TPSA) is 75.1 Å². The molecule has 6 heteroatoms. The van der Waals surface area contributed by atoms with Gasteiger partial charge in [0.05, 0.1) is 29.6 Å². The van der Waals surface area contributed by atoms with E-state index in [1.54, 1.807) is 18.5 Å². The Balaban J connectivity index is 1.52. The molecule has 0 spiro atoms. The van der Waals surface area contributed by atoms with Crippen molar-refractivity contribution in [3.05, 3.63) is 65.9 Å². The van der Waals surface area contributed by atoms with E-state index in [1.807, 2.05) is 41.8 Å². The number of aryl methyl sites for hydroxylation is 1. The van der Waals surface area contributed by atoms with E-state index < -0.39 is 0 Å². The van der Waals surface area contributed by atoms with Gasteiger partial charge in [0.2, 0.25) is 0 Å². The summed E-state index contributed by atoms with van der Waals surface area (Å²) in [7, 11) is 0. The van der Waals surface area contributed by atoms with Crippen LogP contribution in [0.25, 0.3) is 16.7 Å². The lowest BCUT2D eigenvalue weighted by Crippen LogP contribution is -2.22. The van der Waals surface area contributed by atoms with Gasteiger partial charge in [-0.15, -0.1) is 0 Å². The largest absolute Gasteiger partial charge is 0.346 e. The third kappa shape index (κ3) is 2.44. The highest BCUT2D eigenvalue weighted by molar-refractivity contribution is 5.97. The Bertz CT molecular complexity index is 1010. The van der Waals surface area contributed by atoms with Crippen LogP contribution in [0.5, 0.6) is 0 Å². The maximum atomic E-state index is 12.3. The summed E-state index contributed by atoms with van der Waals surface area (Å²) >= 11 is 0. The van der Waals surface area contributed by atoms with E-state index >= 15 is 0 Å². The number of amides is 1. The summed E-state index contributed by atoms with van der Waals surface area (Å²) in [6.45, 7) is 2.41. The number of H-pyrrole nitrogens is 1. The van der Waals surface area contributed by atoms with Gasteiger partial charge in [0.25, 0.3) is 5.91 Å². The number of rotatable bonds is 3. The molecule has 2 N–H and O–H groups in total. The Morgan fingerprint density at radius 3 is 3.09 bits per heavy atom.